The highest BCUT2D eigenvalue weighted by Crippen LogP contribution is 2.44. The molecule has 6 rings (SSSR count). The molecule has 0 radical (unpaired) electrons. The standard InChI is InChI=1S/C42H35N3O2/c1-28-20-29(2)23-35(22-28)41(46)45(42(47)36-24-30(3)21-31(4)25-36)40-37(26-43)38(33-16-10-6-11-17-33)39(34-18-12-7-13-19-34)44(40)27-32-14-8-5-9-15-32/h5-25H,27H2,1-4H3. The SMILES string of the molecule is Cc1cc(C)cc(C(=O)N(C(=O)c2cc(C)cc(C)c2)c2c(C#N)c(-c3ccccc3)c(-c3ccccc3)n2Cc2ccccc2)c1. The Kier molecular flexibility index (Phi) is 8.69. The maximum absolute atomic E-state index is 14.9. The van der Waals surface area contributed by atoms with Gasteiger partial charge in [0.15, 0.2) is 0 Å². The van der Waals surface area contributed by atoms with E-state index in [9.17, 15) is 14.9 Å². The molecule has 230 valence electrons. The van der Waals surface area contributed by atoms with Gasteiger partial charge in [-0.2, -0.15) is 5.26 Å². The molecule has 5 nitrogen and oxygen atoms in total. The number of hydrogen-bond donors (Lipinski definition) is 0. The highest BCUT2D eigenvalue weighted by Gasteiger charge is 2.36. The summed E-state index contributed by atoms with van der Waals surface area (Å²) in [6, 6.07) is 43.1. The lowest BCUT2D eigenvalue weighted by Crippen LogP contribution is -2.39. The fourth-order valence-electron chi connectivity index (χ4n) is 6.39. The smallest absolute Gasteiger partial charge is 0.266 e. The van der Waals surface area contributed by atoms with E-state index in [-0.39, 0.29) is 11.4 Å². The molecule has 5 aromatic carbocycles. The quantitative estimate of drug-likeness (QED) is 0.169. The number of nitriles is 1. The zero-order valence-corrected chi connectivity index (χ0v) is 27.0. The maximum Gasteiger partial charge on any atom is 0.266 e. The van der Waals surface area contributed by atoms with E-state index in [0.29, 0.717) is 23.2 Å². The molecular formula is C42H35N3O2. The second-order valence-corrected chi connectivity index (χ2v) is 12.0. The van der Waals surface area contributed by atoms with E-state index in [2.05, 4.69) is 6.07 Å². The Balaban J connectivity index is 1.75. The predicted molar refractivity (Wildman–Crippen MR) is 189 cm³/mol. The Morgan fingerprint density at radius 2 is 1.04 bits per heavy atom. The molecule has 1 aromatic heterocycles. The van der Waals surface area contributed by atoms with Gasteiger partial charge in [-0.3, -0.25) is 9.59 Å². The molecule has 5 heteroatoms. The Hall–Kier alpha value is -5.99. The molecule has 1 heterocycles. The highest BCUT2D eigenvalue weighted by molar-refractivity contribution is 6.26. The van der Waals surface area contributed by atoms with E-state index in [0.717, 1.165) is 44.6 Å². The summed E-state index contributed by atoms with van der Waals surface area (Å²) in [5.74, 6) is -0.755. The van der Waals surface area contributed by atoms with Crippen molar-refractivity contribution in [3.63, 3.8) is 0 Å². The minimum absolute atomic E-state index is 0.238. The van der Waals surface area contributed by atoms with Gasteiger partial charge in [-0.15, -0.1) is 0 Å². The molecule has 0 aliphatic carbocycles. The van der Waals surface area contributed by atoms with E-state index in [4.69, 9.17) is 0 Å². The molecule has 47 heavy (non-hydrogen) atoms. The molecule has 0 N–H and O–H groups in total. The molecule has 6 aromatic rings. The Bertz CT molecular complexity index is 2040. The third-order valence-electron chi connectivity index (χ3n) is 8.20. The number of aromatic nitrogens is 1. The number of nitrogens with zero attached hydrogens (tertiary/aromatic N) is 3. The number of carbonyl (C=O) groups is 2. The van der Waals surface area contributed by atoms with Crippen LogP contribution >= 0.6 is 0 Å². The maximum atomic E-state index is 14.9. The molecule has 0 bridgehead atoms. The Morgan fingerprint density at radius 1 is 0.617 bits per heavy atom. The molecule has 0 saturated carbocycles. The van der Waals surface area contributed by atoms with Crippen molar-refractivity contribution in [1.82, 2.24) is 4.57 Å². The van der Waals surface area contributed by atoms with Gasteiger partial charge in [0.25, 0.3) is 11.8 Å². The summed E-state index contributed by atoms with van der Waals surface area (Å²) in [5, 5.41) is 11.0. The number of anilines is 1. The summed E-state index contributed by atoms with van der Waals surface area (Å²) in [6.45, 7) is 8.04. The third kappa shape index (κ3) is 6.27. The minimum atomic E-state index is -0.497. The van der Waals surface area contributed by atoms with Crippen molar-refractivity contribution in [2.24, 2.45) is 0 Å². The molecule has 0 atom stereocenters. The van der Waals surface area contributed by atoms with Crippen LogP contribution in [0.25, 0.3) is 22.4 Å². The largest absolute Gasteiger partial charge is 0.321 e. The summed E-state index contributed by atoms with van der Waals surface area (Å²) >= 11 is 0. The van der Waals surface area contributed by atoms with E-state index in [1.54, 1.807) is 24.3 Å². The van der Waals surface area contributed by atoms with Crippen LogP contribution in [-0.4, -0.2) is 16.4 Å². The van der Waals surface area contributed by atoms with Crippen molar-refractivity contribution < 1.29 is 9.59 Å². The summed E-state index contributed by atoms with van der Waals surface area (Å²) < 4.78 is 1.96. The van der Waals surface area contributed by atoms with Gasteiger partial charge in [-0.05, 0) is 68.7 Å². The monoisotopic (exact) mass is 613 g/mol. The van der Waals surface area contributed by atoms with E-state index in [1.165, 1.54) is 4.90 Å². The van der Waals surface area contributed by atoms with Crippen molar-refractivity contribution in [1.29, 1.82) is 5.26 Å². The summed E-state index contributed by atoms with van der Waals surface area (Å²) in [5.41, 5.74) is 8.67. The number of imide groups is 1. The first kappa shape index (κ1) is 31.0. The van der Waals surface area contributed by atoms with Gasteiger partial charge < -0.3 is 4.57 Å². The number of amides is 2. The summed E-state index contributed by atoms with van der Waals surface area (Å²) in [6.07, 6.45) is 0. The van der Waals surface area contributed by atoms with Gasteiger partial charge in [0.1, 0.15) is 17.5 Å². The zero-order chi connectivity index (χ0) is 33.1. The highest BCUT2D eigenvalue weighted by atomic mass is 16.2. The van der Waals surface area contributed by atoms with Crippen LogP contribution in [0.15, 0.2) is 127 Å². The molecule has 2 amide bonds. The fourth-order valence-corrected chi connectivity index (χ4v) is 6.39. The van der Waals surface area contributed by atoms with E-state index >= 15 is 0 Å². The van der Waals surface area contributed by atoms with Crippen LogP contribution in [-0.2, 0) is 6.54 Å². The number of carbonyl (C=O) groups excluding carboxylic acids is 2. The molecule has 0 fully saturated rings. The average molecular weight is 614 g/mol. The molecular weight excluding hydrogens is 578 g/mol. The fraction of sp³-hybridized carbons (Fsp3) is 0.119. The molecule has 0 aliphatic rings. The first-order valence-corrected chi connectivity index (χ1v) is 15.6. The second kappa shape index (κ2) is 13.2. The van der Waals surface area contributed by atoms with Crippen LogP contribution in [0.5, 0.6) is 0 Å². The third-order valence-corrected chi connectivity index (χ3v) is 8.20. The van der Waals surface area contributed by atoms with Gasteiger partial charge in [0, 0.05) is 23.2 Å². The van der Waals surface area contributed by atoms with Crippen molar-refractivity contribution in [3.05, 3.63) is 172 Å². The number of hydrogen-bond acceptors (Lipinski definition) is 3. The average Bonchev–Trinajstić information content (AvgIpc) is 3.38. The van der Waals surface area contributed by atoms with Gasteiger partial charge >= 0.3 is 0 Å². The second-order valence-electron chi connectivity index (χ2n) is 12.0. The summed E-state index contributed by atoms with van der Waals surface area (Å²) in [4.78, 5) is 31.0. The summed E-state index contributed by atoms with van der Waals surface area (Å²) in [7, 11) is 0. The first-order valence-electron chi connectivity index (χ1n) is 15.6. The van der Waals surface area contributed by atoms with E-state index < -0.39 is 11.8 Å². The van der Waals surface area contributed by atoms with Crippen LogP contribution in [0, 0.1) is 39.0 Å². The van der Waals surface area contributed by atoms with Crippen molar-refractivity contribution >= 4 is 17.6 Å². The van der Waals surface area contributed by atoms with Gasteiger partial charge in [0.2, 0.25) is 0 Å². The number of benzene rings is 5. The van der Waals surface area contributed by atoms with Crippen molar-refractivity contribution in [2.75, 3.05) is 4.90 Å². The number of aryl methyl sites for hydroxylation is 4. The molecule has 0 unspecified atom stereocenters. The van der Waals surface area contributed by atoms with Crippen molar-refractivity contribution in [2.45, 2.75) is 34.2 Å². The molecule has 0 spiro atoms. The number of rotatable bonds is 7. The normalized spacial score (nSPS) is 10.8. The van der Waals surface area contributed by atoms with Gasteiger partial charge in [-0.25, -0.2) is 4.90 Å². The predicted octanol–water partition coefficient (Wildman–Crippen LogP) is 9.46. The lowest BCUT2D eigenvalue weighted by atomic mass is 9.97. The Morgan fingerprint density at radius 3 is 1.49 bits per heavy atom. The van der Waals surface area contributed by atoms with Crippen LogP contribution in [0.4, 0.5) is 5.82 Å². The van der Waals surface area contributed by atoms with Gasteiger partial charge in [0.05, 0.1) is 5.69 Å². The van der Waals surface area contributed by atoms with Gasteiger partial charge in [-0.1, -0.05) is 125 Å². The molecule has 0 aliphatic heterocycles. The van der Waals surface area contributed by atoms with Crippen molar-refractivity contribution in [3.8, 4) is 28.5 Å². The van der Waals surface area contributed by atoms with Crippen LogP contribution < -0.4 is 4.90 Å². The zero-order valence-electron chi connectivity index (χ0n) is 27.0. The lowest BCUT2D eigenvalue weighted by molar-refractivity contribution is 0.0895. The van der Waals surface area contributed by atoms with Crippen LogP contribution in [0.1, 0.15) is 54.1 Å². The molecule has 0 saturated heterocycles. The van der Waals surface area contributed by atoms with Crippen LogP contribution in [0.2, 0.25) is 0 Å². The minimum Gasteiger partial charge on any atom is -0.321 e. The van der Waals surface area contributed by atoms with Crippen LogP contribution in [0.3, 0.4) is 0 Å². The Labute approximate surface area is 276 Å². The van der Waals surface area contributed by atoms with E-state index in [1.807, 2.05) is 135 Å². The first-order chi connectivity index (χ1) is 22.7. The lowest BCUT2D eigenvalue weighted by Gasteiger charge is -2.25. The topological polar surface area (TPSA) is 66.1 Å².